The van der Waals surface area contributed by atoms with Gasteiger partial charge in [-0.05, 0) is 43.5 Å². The number of nitrogens with one attached hydrogen (secondary N) is 1. The van der Waals surface area contributed by atoms with Crippen molar-refractivity contribution >= 4 is 22.9 Å². The summed E-state index contributed by atoms with van der Waals surface area (Å²) in [6, 6.07) is 14.4. The number of carbonyl (C=O) groups is 1. The zero-order valence-corrected chi connectivity index (χ0v) is 13.0. The van der Waals surface area contributed by atoms with Gasteiger partial charge in [0.1, 0.15) is 0 Å². The van der Waals surface area contributed by atoms with Gasteiger partial charge in [-0.3, -0.25) is 4.79 Å². The SMILES string of the molecule is Cc1ccc(C(=O)NC[C@@H]2CCN(c3ccccc3)C2)s1. The largest absolute Gasteiger partial charge is 0.371 e. The van der Waals surface area contributed by atoms with Crippen LogP contribution in [0.1, 0.15) is 21.0 Å². The maximum Gasteiger partial charge on any atom is 0.261 e. The number of aryl methyl sites for hydroxylation is 1. The molecule has 0 bridgehead atoms. The molecule has 1 amide bonds. The zero-order chi connectivity index (χ0) is 14.7. The standard InChI is InChI=1S/C17H20N2OS/c1-13-7-8-16(21-13)17(20)18-11-14-9-10-19(12-14)15-5-3-2-4-6-15/h2-8,14H,9-12H2,1H3,(H,18,20)/t14-/m0/s1. The van der Waals surface area contributed by atoms with Crippen molar-refractivity contribution in [1.82, 2.24) is 5.32 Å². The van der Waals surface area contributed by atoms with Gasteiger partial charge in [0.15, 0.2) is 0 Å². The molecule has 1 saturated heterocycles. The van der Waals surface area contributed by atoms with Crippen molar-refractivity contribution in [3.8, 4) is 0 Å². The van der Waals surface area contributed by atoms with Crippen molar-refractivity contribution in [2.75, 3.05) is 24.5 Å². The van der Waals surface area contributed by atoms with Crippen molar-refractivity contribution in [3.63, 3.8) is 0 Å². The number of hydrogen-bond donors (Lipinski definition) is 1. The fraction of sp³-hybridized carbons (Fsp3) is 0.353. The van der Waals surface area contributed by atoms with Gasteiger partial charge < -0.3 is 10.2 Å². The maximum absolute atomic E-state index is 12.1. The van der Waals surface area contributed by atoms with E-state index in [0.29, 0.717) is 5.92 Å². The summed E-state index contributed by atoms with van der Waals surface area (Å²) in [7, 11) is 0. The highest BCUT2D eigenvalue weighted by atomic mass is 32.1. The van der Waals surface area contributed by atoms with Crippen LogP contribution in [-0.4, -0.2) is 25.5 Å². The molecule has 4 heteroatoms. The Bertz CT molecular complexity index is 608. The summed E-state index contributed by atoms with van der Waals surface area (Å²) in [5.41, 5.74) is 1.28. The van der Waals surface area contributed by atoms with Crippen molar-refractivity contribution in [3.05, 3.63) is 52.2 Å². The lowest BCUT2D eigenvalue weighted by molar-refractivity contribution is 0.0952. The first kappa shape index (κ1) is 14.1. The number of thiophene rings is 1. The fourth-order valence-electron chi connectivity index (χ4n) is 2.75. The molecule has 110 valence electrons. The van der Waals surface area contributed by atoms with Crippen LogP contribution in [0.15, 0.2) is 42.5 Å². The summed E-state index contributed by atoms with van der Waals surface area (Å²) in [5.74, 6) is 0.599. The topological polar surface area (TPSA) is 32.3 Å². The van der Waals surface area contributed by atoms with Gasteiger partial charge in [-0.1, -0.05) is 18.2 Å². The molecule has 1 aromatic heterocycles. The Labute approximate surface area is 129 Å². The van der Waals surface area contributed by atoms with E-state index in [1.54, 1.807) is 11.3 Å². The average molecular weight is 300 g/mol. The quantitative estimate of drug-likeness (QED) is 0.939. The second-order valence-electron chi connectivity index (χ2n) is 5.56. The third kappa shape index (κ3) is 3.45. The van der Waals surface area contributed by atoms with Gasteiger partial charge in [-0.25, -0.2) is 0 Å². The third-order valence-electron chi connectivity index (χ3n) is 3.92. The number of anilines is 1. The molecule has 1 aliphatic rings. The summed E-state index contributed by atoms with van der Waals surface area (Å²) in [6.07, 6.45) is 1.14. The minimum atomic E-state index is 0.0614. The Morgan fingerprint density at radius 2 is 2.10 bits per heavy atom. The summed E-state index contributed by atoms with van der Waals surface area (Å²) in [4.78, 5) is 16.4. The van der Waals surface area contributed by atoms with Gasteiger partial charge in [0.05, 0.1) is 4.88 Å². The van der Waals surface area contributed by atoms with Crippen LogP contribution >= 0.6 is 11.3 Å². The van der Waals surface area contributed by atoms with Crippen LogP contribution in [0, 0.1) is 12.8 Å². The van der Waals surface area contributed by atoms with Crippen molar-refractivity contribution in [2.45, 2.75) is 13.3 Å². The molecular weight excluding hydrogens is 280 g/mol. The lowest BCUT2D eigenvalue weighted by atomic mass is 10.1. The fourth-order valence-corrected chi connectivity index (χ4v) is 3.54. The lowest BCUT2D eigenvalue weighted by Crippen LogP contribution is -2.30. The van der Waals surface area contributed by atoms with Crippen LogP contribution in [0.5, 0.6) is 0 Å². The molecule has 2 heterocycles. The highest BCUT2D eigenvalue weighted by Crippen LogP contribution is 2.23. The molecule has 3 nitrogen and oxygen atoms in total. The van der Waals surface area contributed by atoms with Gasteiger partial charge in [-0.2, -0.15) is 0 Å². The van der Waals surface area contributed by atoms with E-state index in [1.807, 2.05) is 25.1 Å². The van der Waals surface area contributed by atoms with E-state index in [2.05, 4.69) is 34.5 Å². The molecule has 0 aliphatic carbocycles. The van der Waals surface area contributed by atoms with E-state index in [9.17, 15) is 4.79 Å². The molecule has 0 radical (unpaired) electrons. The molecule has 1 N–H and O–H groups in total. The second kappa shape index (κ2) is 6.31. The van der Waals surface area contributed by atoms with Gasteiger partial charge in [0.2, 0.25) is 0 Å². The predicted octanol–water partition coefficient (Wildman–Crippen LogP) is 3.31. The number of amides is 1. The molecule has 0 saturated carbocycles. The smallest absolute Gasteiger partial charge is 0.261 e. The summed E-state index contributed by atoms with van der Waals surface area (Å²) < 4.78 is 0. The van der Waals surface area contributed by atoms with E-state index in [0.717, 1.165) is 30.9 Å². The highest BCUT2D eigenvalue weighted by molar-refractivity contribution is 7.13. The first-order valence-corrected chi connectivity index (χ1v) is 8.18. The Morgan fingerprint density at radius 1 is 1.29 bits per heavy atom. The van der Waals surface area contributed by atoms with E-state index in [4.69, 9.17) is 0 Å². The molecule has 1 fully saturated rings. The number of benzene rings is 1. The van der Waals surface area contributed by atoms with Crippen molar-refractivity contribution in [1.29, 1.82) is 0 Å². The molecule has 1 atom stereocenters. The van der Waals surface area contributed by atoms with Gasteiger partial charge in [-0.15, -0.1) is 11.3 Å². The van der Waals surface area contributed by atoms with Crippen molar-refractivity contribution < 1.29 is 4.79 Å². The van der Waals surface area contributed by atoms with Crippen LogP contribution in [0.3, 0.4) is 0 Å². The maximum atomic E-state index is 12.1. The van der Waals surface area contributed by atoms with Crippen LogP contribution < -0.4 is 10.2 Å². The summed E-state index contributed by atoms with van der Waals surface area (Å²) in [5, 5.41) is 3.07. The normalized spacial score (nSPS) is 18.0. The molecule has 0 unspecified atom stereocenters. The minimum Gasteiger partial charge on any atom is -0.371 e. The number of para-hydroxylation sites is 1. The molecule has 1 aromatic carbocycles. The minimum absolute atomic E-state index is 0.0614. The monoisotopic (exact) mass is 300 g/mol. The Balaban J connectivity index is 1.50. The highest BCUT2D eigenvalue weighted by Gasteiger charge is 2.23. The van der Waals surface area contributed by atoms with Crippen LogP contribution in [0.2, 0.25) is 0 Å². The number of nitrogens with zero attached hydrogens (tertiary/aromatic N) is 1. The first-order chi connectivity index (χ1) is 10.2. The van der Waals surface area contributed by atoms with Crippen LogP contribution in [0.25, 0.3) is 0 Å². The van der Waals surface area contributed by atoms with Crippen LogP contribution in [0.4, 0.5) is 5.69 Å². The Morgan fingerprint density at radius 3 is 2.81 bits per heavy atom. The molecule has 0 spiro atoms. The lowest BCUT2D eigenvalue weighted by Gasteiger charge is -2.18. The number of rotatable bonds is 4. The van der Waals surface area contributed by atoms with Crippen LogP contribution in [-0.2, 0) is 0 Å². The van der Waals surface area contributed by atoms with E-state index >= 15 is 0 Å². The van der Waals surface area contributed by atoms with E-state index < -0.39 is 0 Å². The van der Waals surface area contributed by atoms with Gasteiger partial charge in [0.25, 0.3) is 5.91 Å². The predicted molar refractivity (Wildman–Crippen MR) is 88.2 cm³/mol. The molecule has 2 aromatic rings. The summed E-state index contributed by atoms with van der Waals surface area (Å²) >= 11 is 1.55. The van der Waals surface area contributed by atoms with Gasteiger partial charge >= 0.3 is 0 Å². The Hall–Kier alpha value is -1.81. The number of hydrogen-bond acceptors (Lipinski definition) is 3. The van der Waals surface area contributed by atoms with E-state index in [1.165, 1.54) is 10.6 Å². The van der Waals surface area contributed by atoms with E-state index in [-0.39, 0.29) is 5.91 Å². The van der Waals surface area contributed by atoms with Gasteiger partial charge in [0, 0.05) is 30.2 Å². The molecular formula is C17H20N2OS. The first-order valence-electron chi connectivity index (χ1n) is 7.37. The average Bonchev–Trinajstić information content (AvgIpc) is 3.15. The Kier molecular flexibility index (Phi) is 4.25. The second-order valence-corrected chi connectivity index (χ2v) is 6.84. The zero-order valence-electron chi connectivity index (χ0n) is 12.2. The summed E-state index contributed by atoms with van der Waals surface area (Å²) in [6.45, 7) is 4.88. The molecule has 1 aliphatic heterocycles. The number of carbonyl (C=O) groups excluding carboxylic acids is 1. The molecule has 21 heavy (non-hydrogen) atoms. The van der Waals surface area contributed by atoms with Crippen molar-refractivity contribution in [2.24, 2.45) is 5.92 Å². The third-order valence-corrected chi connectivity index (χ3v) is 4.92. The molecule has 3 rings (SSSR count).